The standard InChI is InChI=1S/C13H19N3O2S/c1-3-15-6-8-16(9-7-15)13-5-4-11(19(2)18)10-12(13)14-17/h4-5,10H,3,6-9H2,1-2H3. The average molecular weight is 281 g/mol. The van der Waals surface area contributed by atoms with Gasteiger partial charge in [0.2, 0.25) is 0 Å². The summed E-state index contributed by atoms with van der Waals surface area (Å²) in [5.74, 6) is 0. The third-order valence-corrected chi connectivity index (χ3v) is 4.46. The monoisotopic (exact) mass is 281 g/mol. The summed E-state index contributed by atoms with van der Waals surface area (Å²) in [4.78, 5) is 16.2. The summed E-state index contributed by atoms with van der Waals surface area (Å²) in [5.41, 5.74) is 1.23. The van der Waals surface area contributed by atoms with Crippen molar-refractivity contribution in [2.75, 3.05) is 43.9 Å². The number of likely N-dealkylation sites (N-methyl/N-ethyl adjacent to an activating group) is 1. The fraction of sp³-hybridized carbons (Fsp3) is 0.538. The molecular formula is C13H19N3O2S. The predicted octanol–water partition coefficient (Wildman–Crippen LogP) is 1.96. The number of anilines is 1. The van der Waals surface area contributed by atoms with Crippen LogP contribution in [0.4, 0.5) is 11.4 Å². The van der Waals surface area contributed by atoms with Crippen LogP contribution in [0.2, 0.25) is 0 Å². The van der Waals surface area contributed by atoms with Crippen molar-refractivity contribution in [1.29, 1.82) is 0 Å². The van der Waals surface area contributed by atoms with Gasteiger partial charge in [-0.3, -0.25) is 0 Å². The molecule has 0 spiro atoms. The van der Waals surface area contributed by atoms with E-state index in [4.69, 9.17) is 0 Å². The molecule has 2 rings (SSSR count). The van der Waals surface area contributed by atoms with Crippen molar-refractivity contribution in [3.05, 3.63) is 23.1 Å². The molecule has 19 heavy (non-hydrogen) atoms. The van der Waals surface area contributed by atoms with Crippen LogP contribution in [0.25, 0.3) is 0 Å². The number of rotatable bonds is 4. The van der Waals surface area contributed by atoms with Gasteiger partial charge < -0.3 is 14.4 Å². The summed E-state index contributed by atoms with van der Waals surface area (Å²) in [7, 11) is 0. The normalized spacial score (nSPS) is 18.4. The predicted molar refractivity (Wildman–Crippen MR) is 78.6 cm³/mol. The van der Waals surface area contributed by atoms with Crippen LogP contribution in [0.5, 0.6) is 0 Å². The molecule has 1 atom stereocenters. The maximum atomic E-state index is 11.4. The van der Waals surface area contributed by atoms with Gasteiger partial charge in [0.15, 0.2) is 4.90 Å². The van der Waals surface area contributed by atoms with E-state index in [1.807, 2.05) is 12.1 Å². The summed E-state index contributed by atoms with van der Waals surface area (Å²) in [6.45, 7) is 6.99. The minimum Gasteiger partial charge on any atom is -0.612 e. The molecule has 1 heterocycles. The minimum atomic E-state index is -1.09. The highest BCUT2D eigenvalue weighted by Gasteiger charge is 2.20. The van der Waals surface area contributed by atoms with Gasteiger partial charge >= 0.3 is 0 Å². The summed E-state index contributed by atoms with van der Waals surface area (Å²) in [5, 5.41) is 3.09. The van der Waals surface area contributed by atoms with Gasteiger partial charge in [0.25, 0.3) is 0 Å². The van der Waals surface area contributed by atoms with Crippen molar-refractivity contribution in [2.45, 2.75) is 11.8 Å². The van der Waals surface area contributed by atoms with Crippen LogP contribution in [0.3, 0.4) is 0 Å². The smallest absolute Gasteiger partial charge is 0.154 e. The molecular weight excluding hydrogens is 262 g/mol. The topological polar surface area (TPSA) is 59.0 Å². The zero-order chi connectivity index (χ0) is 13.8. The molecule has 1 aromatic rings. The fourth-order valence-corrected chi connectivity index (χ4v) is 2.86. The Morgan fingerprint density at radius 1 is 1.32 bits per heavy atom. The van der Waals surface area contributed by atoms with Gasteiger partial charge in [-0.05, 0) is 35.0 Å². The first kappa shape index (κ1) is 14.3. The first-order chi connectivity index (χ1) is 9.15. The summed E-state index contributed by atoms with van der Waals surface area (Å²) in [6.07, 6.45) is 1.60. The number of nitrogens with zero attached hydrogens (tertiary/aromatic N) is 3. The zero-order valence-corrected chi connectivity index (χ0v) is 12.2. The summed E-state index contributed by atoms with van der Waals surface area (Å²) < 4.78 is 11.4. The lowest BCUT2D eigenvalue weighted by Crippen LogP contribution is -2.46. The number of hydrogen-bond donors (Lipinski definition) is 0. The largest absolute Gasteiger partial charge is 0.612 e. The van der Waals surface area contributed by atoms with Crippen LogP contribution < -0.4 is 4.90 Å². The molecule has 0 amide bonds. The molecule has 5 nitrogen and oxygen atoms in total. The van der Waals surface area contributed by atoms with Gasteiger partial charge in [0.1, 0.15) is 11.9 Å². The molecule has 0 radical (unpaired) electrons. The maximum absolute atomic E-state index is 11.4. The summed E-state index contributed by atoms with van der Waals surface area (Å²) in [6, 6.07) is 5.30. The lowest BCUT2D eigenvalue weighted by molar-refractivity contribution is 0.271. The van der Waals surface area contributed by atoms with E-state index in [1.54, 1.807) is 12.3 Å². The Labute approximate surface area is 116 Å². The van der Waals surface area contributed by atoms with Crippen LogP contribution >= 0.6 is 0 Å². The molecule has 6 heteroatoms. The second-order valence-corrected chi connectivity index (χ2v) is 6.00. The molecule has 104 valence electrons. The average Bonchev–Trinajstić information content (AvgIpc) is 2.46. The van der Waals surface area contributed by atoms with E-state index in [2.05, 4.69) is 21.9 Å². The maximum Gasteiger partial charge on any atom is 0.154 e. The number of nitroso groups, excluding NO2 is 1. The zero-order valence-electron chi connectivity index (χ0n) is 11.3. The molecule has 0 aliphatic carbocycles. The van der Waals surface area contributed by atoms with Crippen LogP contribution in [0, 0.1) is 4.91 Å². The van der Waals surface area contributed by atoms with Crippen molar-refractivity contribution < 1.29 is 4.55 Å². The van der Waals surface area contributed by atoms with Crippen LogP contribution in [0.15, 0.2) is 28.3 Å². The van der Waals surface area contributed by atoms with E-state index in [9.17, 15) is 9.46 Å². The fourth-order valence-electron chi connectivity index (χ4n) is 2.33. The molecule has 1 aliphatic heterocycles. The molecule has 0 saturated carbocycles. The lowest BCUT2D eigenvalue weighted by Gasteiger charge is -2.35. The van der Waals surface area contributed by atoms with Gasteiger partial charge in [-0.1, -0.05) is 6.92 Å². The Bertz CT molecular complexity index is 446. The van der Waals surface area contributed by atoms with E-state index < -0.39 is 11.2 Å². The number of hydrogen-bond acceptors (Lipinski definition) is 5. The van der Waals surface area contributed by atoms with Crippen LogP contribution in [-0.4, -0.2) is 48.4 Å². The van der Waals surface area contributed by atoms with Gasteiger partial charge in [-0.15, -0.1) is 4.91 Å². The second kappa shape index (κ2) is 6.36. The number of piperazine rings is 1. The first-order valence-corrected chi connectivity index (χ1v) is 7.99. The Hall–Kier alpha value is -1.11. The van der Waals surface area contributed by atoms with Gasteiger partial charge in [-0.2, -0.15) is 0 Å². The van der Waals surface area contributed by atoms with E-state index in [-0.39, 0.29) is 0 Å². The lowest BCUT2D eigenvalue weighted by atomic mass is 10.2. The van der Waals surface area contributed by atoms with E-state index in [0.29, 0.717) is 10.6 Å². The molecule has 1 fully saturated rings. The van der Waals surface area contributed by atoms with Crippen molar-refractivity contribution >= 4 is 22.6 Å². The molecule has 1 saturated heterocycles. The highest BCUT2D eigenvalue weighted by molar-refractivity contribution is 7.90. The van der Waals surface area contributed by atoms with Crippen LogP contribution in [0.1, 0.15) is 6.92 Å². The Morgan fingerprint density at radius 2 is 2.00 bits per heavy atom. The Balaban J connectivity index is 2.18. The van der Waals surface area contributed by atoms with Gasteiger partial charge in [0.05, 0.1) is 5.69 Å². The molecule has 1 unspecified atom stereocenters. The quantitative estimate of drug-likeness (QED) is 0.625. The van der Waals surface area contributed by atoms with E-state index >= 15 is 0 Å². The second-order valence-electron chi connectivity index (χ2n) is 4.62. The van der Waals surface area contributed by atoms with Crippen molar-refractivity contribution in [3.63, 3.8) is 0 Å². The minimum absolute atomic E-state index is 0.387. The Kier molecular flexibility index (Phi) is 4.79. The van der Waals surface area contributed by atoms with Crippen molar-refractivity contribution in [2.24, 2.45) is 5.18 Å². The molecule has 1 aromatic carbocycles. The van der Waals surface area contributed by atoms with E-state index in [1.165, 1.54) is 0 Å². The first-order valence-electron chi connectivity index (χ1n) is 6.44. The number of benzene rings is 1. The molecule has 0 aromatic heterocycles. The molecule has 1 aliphatic rings. The molecule has 0 N–H and O–H groups in total. The SMILES string of the molecule is CCN1CCN(c2ccc([S+](C)[O-])cc2N=O)CC1. The highest BCUT2D eigenvalue weighted by Crippen LogP contribution is 2.31. The summed E-state index contributed by atoms with van der Waals surface area (Å²) >= 11 is -1.09. The molecule has 0 bridgehead atoms. The van der Waals surface area contributed by atoms with Gasteiger partial charge in [0, 0.05) is 32.2 Å². The third kappa shape index (κ3) is 3.26. The van der Waals surface area contributed by atoms with Gasteiger partial charge in [-0.25, -0.2) is 0 Å². The Morgan fingerprint density at radius 3 is 2.53 bits per heavy atom. The van der Waals surface area contributed by atoms with Crippen molar-refractivity contribution in [1.82, 2.24) is 4.90 Å². The highest BCUT2D eigenvalue weighted by atomic mass is 32.2. The van der Waals surface area contributed by atoms with E-state index in [0.717, 1.165) is 38.4 Å². The third-order valence-electron chi connectivity index (χ3n) is 3.54. The van der Waals surface area contributed by atoms with Crippen LogP contribution in [-0.2, 0) is 11.2 Å². The van der Waals surface area contributed by atoms with Crippen molar-refractivity contribution in [3.8, 4) is 0 Å².